The van der Waals surface area contributed by atoms with Gasteiger partial charge in [0.25, 0.3) is 0 Å². The minimum absolute atomic E-state index is 0.0608. The van der Waals surface area contributed by atoms with Crippen molar-refractivity contribution in [2.45, 2.75) is 20.0 Å². The molecule has 0 radical (unpaired) electrons. The first-order valence-electron chi connectivity index (χ1n) is 6.65. The van der Waals surface area contributed by atoms with E-state index in [-0.39, 0.29) is 18.1 Å². The number of halogens is 1. The van der Waals surface area contributed by atoms with Crippen molar-refractivity contribution in [2.75, 3.05) is 6.54 Å². The highest BCUT2D eigenvalue weighted by molar-refractivity contribution is 6.30. The molecule has 1 aromatic heterocycles. The van der Waals surface area contributed by atoms with E-state index >= 15 is 0 Å². The fraction of sp³-hybridized carbons (Fsp3) is 0.286. The second-order valence-electron chi connectivity index (χ2n) is 4.64. The summed E-state index contributed by atoms with van der Waals surface area (Å²) in [6.45, 7) is 2.75. The van der Waals surface area contributed by atoms with Crippen LogP contribution in [0.3, 0.4) is 0 Å². The number of hydrogen-bond donors (Lipinski definition) is 1. The number of rotatable bonds is 6. The van der Waals surface area contributed by atoms with Crippen LogP contribution in [0.15, 0.2) is 30.5 Å². The summed E-state index contributed by atoms with van der Waals surface area (Å²) in [5.41, 5.74) is 0.734. The fourth-order valence-electron chi connectivity index (χ4n) is 1.94. The molecule has 0 atom stereocenters. The highest BCUT2D eigenvalue weighted by Gasteiger charge is 2.15. The number of aromatic nitrogens is 3. The third-order valence-corrected chi connectivity index (χ3v) is 3.29. The molecule has 0 bridgehead atoms. The van der Waals surface area contributed by atoms with Crippen molar-refractivity contribution in [2.24, 2.45) is 0 Å². The van der Waals surface area contributed by atoms with Crippen LogP contribution in [0.25, 0.3) is 0 Å². The van der Waals surface area contributed by atoms with Gasteiger partial charge in [0.1, 0.15) is 6.54 Å². The largest absolute Gasteiger partial charge is 0.476 e. The molecule has 1 heterocycles. The van der Waals surface area contributed by atoms with Crippen LogP contribution in [-0.4, -0.2) is 43.4 Å². The zero-order valence-corrected chi connectivity index (χ0v) is 12.7. The van der Waals surface area contributed by atoms with Gasteiger partial charge in [-0.25, -0.2) is 9.48 Å². The van der Waals surface area contributed by atoms with E-state index in [9.17, 15) is 9.59 Å². The number of carboxylic acids is 1. The number of carboxylic acid groups (broad SMARTS) is 1. The van der Waals surface area contributed by atoms with Crippen LogP contribution >= 0.6 is 11.6 Å². The van der Waals surface area contributed by atoms with Crippen molar-refractivity contribution in [1.29, 1.82) is 0 Å². The van der Waals surface area contributed by atoms with Crippen LogP contribution in [0.2, 0.25) is 5.02 Å². The maximum absolute atomic E-state index is 12.3. The van der Waals surface area contributed by atoms with E-state index in [0.717, 1.165) is 5.56 Å². The summed E-state index contributed by atoms with van der Waals surface area (Å²) in [6.07, 6.45) is 1.23. The fourth-order valence-corrected chi connectivity index (χ4v) is 2.16. The van der Waals surface area contributed by atoms with Crippen LogP contribution in [0, 0.1) is 0 Å². The normalized spacial score (nSPS) is 10.5. The third kappa shape index (κ3) is 4.05. The number of likely N-dealkylation sites (N-methyl/N-ethyl adjacent to an activating group) is 1. The van der Waals surface area contributed by atoms with Crippen LogP contribution in [0.4, 0.5) is 0 Å². The van der Waals surface area contributed by atoms with Gasteiger partial charge in [-0.05, 0) is 24.6 Å². The van der Waals surface area contributed by atoms with Crippen LogP contribution in [0.5, 0.6) is 0 Å². The van der Waals surface area contributed by atoms with E-state index in [4.69, 9.17) is 16.7 Å². The predicted octanol–water partition coefficient (Wildman–Crippen LogP) is 1.68. The molecule has 0 fully saturated rings. The Bertz CT molecular complexity index is 686. The molecule has 0 saturated carbocycles. The topological polar surface area (TPSA) is 88.3 Å². The van der Waals surface area contributed by atoms with Crippen molar-refractivity contribution in [3.63, 3.8) is 0 Å². The molecule has 1 amide bonds. The average Bonchev–Trinajstić information content (AvgIpc) is 2.93. The molecule has 8 heteroatoms. The Kier molecular flexibility index (Phi) is 5.11. The summed E-state index contributed by atoms with van der Waals surface area (Å²) in [5, 5.41) is 16.5. The third-order valence-electron chi connectivity index (χ3n) is 3.05. The summed E-state index contributed by atoms with van der Waals surface area (Å²) in [7, 11) is 0. The Morgan fingerprint density at radius 3 is 2.77 bits per heavy atom. The smallest absolute Gasteiger partial charge is 0.358 e. The van der Waals surface area contributed by atoms with Crippen molar-refractivity contribution in [1.82, 2.24) is 19.9 Å². The van der Waals surface area contributed by atoms with E-state index in [2.05, 4.69) is 10.3 Å². The first kappa shape index (κ1) is 16.0. The molecule has 116 valence electrons. The predicted molar refractivity (Wildman–Crippen MR) is 79.5 cm³/mol. The zero-order valence-electron chi connectivity index (χ0n) is 11.9. The SMILES string of the molecule is CCN(Cc1cccc(Cl)c1)C(=O)Cn1cc(C(=O)O)nn1. The molecule has 22 heavy (non-hydrogen) atoms. The molecule has 0 spiro atoms. The monoisotopic (exact) mass is 322 g/mol. The first-order valence-corrected chi connectivity index (χ1v) is 7.03. The number of carbonyl (C=O) groups is 2. The Morgan fingerprint density at radius 2 is 2.18 bits per heavy atom. The lowest BCUT2D eigenvalue weighted by Crippen LogP contribution is -2.33. The Balaban J connectivity index is 2.03. The number of amides is 1. The molecule has 7 nitrogen and oxygen atoms in total. The van der Waals surface area contributed by atoms with Gasteiger partial charge in [0.15, 0.2) is 5.69 Å². The number of carbonyl (C=O) groups excluding carboxylic acids is 1. The highest BCUT2D eigenvalue weighted by atomic mass is 35.5. The van der Waals surface area contributed by atoms with Gasteiger partial charge in [-0.2, -0.15) is 0 Å². The number of hydrogen-bond acceptors (Lipinski definition) is 4. The number of benzene rings is 1. The lowest BCUT2D eigenvalue weighted by molar-refractivity contribution is -0.132. The van der Waals surface area contributed by atoms with Gasteiger partial charge in [0.2, 0.25) is 5.91 Å². The molecule has 2 rings (SSSR count). The summed E-state index contributed by atoms with van der Waals surface area (Å²) in [5.74, 6) is -1.35. The van der Waals surface area contributed by atoms with Crippen molar-refractivity contribution in [3.8, 4) is 0 Å². The van der Waals surface area contributed by atoms with Gasteiger partial charge >= 0.3 is 5.97 Å². The quantitative estimate of drug-likeness (QED) is 0.874. The highest BCUT2D eigenvalue weighted by Crippen LogP contribution is 2.13. The van der Waals surface area contributed by atoms with Gasteiger partial charge in [0, 0.05) is 18.1 Å². The van der Waals surface area contributed by atoms with Gasteiger partial charge in [-0.3, -0.25) is 4.79 Å². The minimum Gasteiger partial charge on any atom is -0.476 e. The second-order valence-corrected chi connectivity index (χ2v) is 5.08. The molecule has 1 N–H and O–H groups in total. The minimum atomic E-state index is -1.18. The molecule has 2 aromatic rings. The zero-order chi connectivity index (χ0) is 16.1. The molecular weight excluding hydrogens is 308 g/mol. The van der Waals surface area contributed by atoms with Gasteiger partial charge in [-0.1, -0.05) is 28.9 Å². The molecule has 0 aliphatic carbocycles. The Hall–Kier alpha value is -2.41. The van der Waals surface area contributed by atoms with Gasteiger partial charge < -0.3 is 10.0 Å². The lowest BCUT2D eigenvalue weighted by atomic mass is 10.2. The molecule has 0 aliphatic heterocycles. The maximum atomic E-state index is 12.3. The standard InChI is InChI=1S/C14H15ClN4O3/c1-2-18(7-10-4-3-5-11(15)6-10)13(20)9-19-8-12(14(21)22)16-17-19/h3-6,8H,2,7,9H2,1H3,(H,21,22). The number of nitrogens with zero attached hydrogens (tertiary/aromatic N) is 4. The van der Waals surface area contributed by atoms with E-state index in [1.54, 1.807) is 17.0 Å². The van der Waals surface area contributed by atoms with Gasteiger partial charge in [-0.15, -0.1) is 5.10 Å². The molecule has 1 aromatic carbocycles. The Morgan fingerprint density at radius 1 is 1.41 bits per heavy atom. The molecule has 0 saturated heterocycles. The van der Waals surface area contributed by atoms with E-state index in [1.807, 2.05) is 19.1 Å². The van der Waals surface area contributed by atoms with Crippen LogP contribution < -0.4 is 0 Å². The summed E-state index contributed by atoms with van der Waals surface area (Å²) < 4.78 is 1.21. The Labute approximate surface area is 132 Å². The van der Waals surface area contributed by atoms with Crippen molar-refractivity contribution < 1.29 is 14.7 Å². The van der Waals surface area contributed by atoms with Crippen LogP contribution in [-0.2, 0) is 17.9 Å². The second kappa shape index (κ2) is 7.04. The van der Waals surface area contributed by atoms with Crippen molar-refractivity contribution in [3.05, 3.63) is 46.7 Å². The summed E-state index contributed by atoms with van der Waals surface area (Å²) >= 11 is 5.93. The lowest BCUT2D eigenvalue weighted by Gasteiger charge is -2.21. The maximum Gasteiger partial charge on any atom is 0.358 e. The summed E-state index contributed by atoms with van der Waals surface area (Å²) in [6, 6.07) is 7.29. The molecule has 0 unspecified atom stereocenters. The van der Waals surface area contributed by atoms with E-state index < -0.39 is 5.97 Å². The average molecular weight is 323 g/mol. The van der Waals surface area contributed by atoms with E-state index in [0.29, 0.717) is 18.1 Å². The summed E-state index contributed by atoms with van der Waals surface area (Å²) in [4.78, 5) is 24.6. The van der Waals surface area contributed by atoms with Crippen molar-refractivity contribution >= 4 is 23.5 Å². The van der Waals surface area contributed by atoms with Gasteiger partial charge in [0.05, 0.1) is 6.20 Å². The molecule has 0 aliphatic rings. The first-order chi connectivity index (χ1) is 10.5. The van der Waals surface area contributed by atoms with Crippen LogP contribution in [0.1, 0.15) is 23.0 Å². The van der Waals surface area contributed by atoms with E-state index in [1.165, 1.54) is 10.9 Å². The number of aromatic carboxylic acids is 1. The molecular formula is C14H15ClN4O3.